The maximum atomic E-state index is 13.0. The minimum absolute atomic E-state index is 0.201. The van der Waals surface area contributed by atoms with Crippen LogP contribution in [0.25, 0.3) is 11.3 Å². The fourth-order valence-electron chi connectivity index (χ4n) is 2.86. The van der Waals surface area contributed by atoms with Crippen molar-refractivity contribution in [1.82, 2.24) is 9.78 Å². The summed E-state index contributed by atoms with van der Waals surface area (Å²) in [6.07, 6.45) is -0.294. The number of benzene rings is 1. The van der Waals surface area contributed by atoms with Crippen LogP contribution in [-0.4, -0.2) is 34.2 Å². The Balaban J connectivity index is 1.99. The molecule has 1 aromatic carbocycles. The van der Waals surface area contributed by atoms with Crippen LogP contribution in [0.3, 0.4) is 0 Å². The third-order valence-corrected chi connectivity index (χ3v) is 4.42. The zero-order valence-corrected chi connectivity index (χ0v) is 17.0. The molecule has 7 nitrogen and oxygen atoms in total. The molecule has 1 fully saturated rings. The maximum Gasteiger partial charge on any atom is 0.290 e. The molecule has 0 aliphatic carbocycles. The molecule has 0 saturated carbocycles. The second-order valence-electron chi connectivity index (χ2n) is 8.45. The van der Waals surface area contributed by atoms with Gasteiger partial charge in [0.1, 0.15) is 11.8 Å². The average Bonchev–Trinajstić information content (AvgIpc) is 2.96. The average molecular weight is 385 g/mol. The molecule has 2 aromatic rings. The molecule has 1 saturated heterocycles. The quantitative estimate of drug-likeness (QED) is 0.875. The third-order valence-electron chi connectivity index (χ3n) is 4.42. The minimum Gasteiger partial charge on any atom is -0.348 e. The highest BCUT2D eigenvalue weighted by molar-refractivity contribution is 5.94. The van der Waals surface area contributed by atoms with Crippen molar-refractivity contribution in [1.29, 1.82) is 0 Å². The van der Waals surface area contributed by atoms with E-state index in [1.165, 1.54) is 4.68 Å². The summed E-state index contributed by atoms with van der Waals surface area (Å²) < 4.78 is 12.7. The van der Waals surface area contributed by atoms with Crippen LogP contribution >= 0.6 is 0 Å². The number of rotatable bonds is 4. The van der Waals surface area contributed by atoms with E-state index in [9.17, 15) is 9.59 Å². The van der Waals surface area contributed by atoms with Gasteiger partial charge in [-0.3, -0.25) is 9.59 Å². The number of nitrogens with one attached hydrogen (secondary N) is 1. The zero-order valence-electron chi connectivity index (χ0n) is 17.0. The van der Waals surface area contributed by atoms with Crippen molar-refractivity contribution in [3.05, 3.63) is 46.8 Å². The normalized spacial score (nSPS) is 18.8. The fourth-order valence-corrected chi connectivity index (χ4v) is 2.86. The highest BCUT2D eigenvalue weighted by atomic mass is 16.7. The van der Waals surface area contributed by atoms with Crippen molar-refractivity contribution in [2.75, 3.05) is 11.9 Å². The van der Waals surface area contributed by atoms with Crippen molar-refractivity contribution < 1.29 is 14.3 Å². The summed E-state index contributed by atoms with van der Waals surface area (Å²) in [6, 6.07) is 11.1. The van der Waals surface area contributed by atoms with Crippen molar-refractivity contribution in [2.45, 2.75) is 53.1 Å². The van der Waals surface area contributed by atoms with E-state index in [0.29, 0.717) is 12.3 Å². The first-order chi connectivity index (χ1) is 13.0. The fraction of sp³-hybridized carbons (Fsp3) is 0.476. The van der Waals surface area contributed by atoms with Crippen LogP contribution in [-0.2, 0) is 20.8 Å². The van der Waals surface area contributed by atoms with Gasteiger partial charge in [0.15, 0.2) is 5.79 Å². The number of carbonyl (C=O) groups excluding carboxylic acids is 1. The molecule has 0 bridgehead atoms. The number of anilines is 1. The van der Waals surface area contributed by atoms with Crippen LogP contribution < -0.4 is 10.9 Å². The highest BCUT2D eigenvalue weighted by Crippen LogP contribution is 2.24. The topological polar surface area (TPSA) is 82.5 Å². The summed E-state index contributed by atoms with van der Waals surface area (Å²) in [5.74, 6) is -0.919. The lowest BCUT2D eigenvalue weighted by Crippen LogP contribution is -2.35. The van der Waals surface area contributed by atoms with Crippen LogP contribution in [0.5, 0.6) is 0 Å². The first kappa shape index (κ1) is 20.2. The van der Waals surface area contributed by atoms with Crippen LogP contribution in [0.2, 0.25) is 0 Å². The van der Waals surface area contributed by atoms with Crippen molar-refractivity contribution >= 4 is 11.6 Å². The minimum atomic E-state index is -0.686. The van der Waals surface area contributed by atoms with E-state index in [1.54, 1.807) is 26.8 Å². The molecule has 1 atom stereocenters. The number of ether oxygens (including phenoxy) is 2. The van der Waals surface area contributed by atoms with Gasteiger partial charge in [0, 0.05) is 11.0 Å². The molecule has 1 aliphatic heterocycles. The van der Waals surface area contributed by atoms with E-state index in [-0.39, 0.29) is 29.8 Å². The van der Waals surface area contributed by atoms with Crippen LogP contribution in [0.4, 0.5) is 5.69 Å². The van der Waals surface area contributed by atoms with E-state index in [2.05, 4.69) is 10.4 Å². The van der Waals surface area contributed by atoms with Gasteiger partial charge in [-0.25, -0.2) is 4.68 Å². The molecule has 0 radical (unpaired) electrons. The van der Waals surface area contributed by atoms with Gasteiger partial charge >= 0.3 is 0 Å². The Labute approximate surface area is 164 Å². The van der Waals surface area contributed by atoms with Gasteiger partial charge < -0.3 is 14.8 Å². The Morgan fingerprint density at radius 1 is 1.29 bits per heavy atom. The van der Waals surface area contributed by atoms with E-state index in [0.717, 1.165) is 5.56 Å². The molecule has 7 heteroatoms. The van der Waals surface area contributed by atoms with Crippen molar-refractivity contribution in [2.24, 2.45) is 5.41 Å². The molecule has 1 aromatic heterocycles. The summed E-state index contributed by atoms with van der Waals surface area (Å²) in [6.45, 7) is 9.67. The van der Waals surface area contributed by atoms with Crippen LogP contribution in [0, 0.1) is 5.41 Å². The molecule has 2 heterocycles. The Morgan fingerprint density at radius 3 is 2.54 bits per heavy atom. The third kappa shape index (κ3) is 4.66. The van der Waals surface area contributed by atoms with E-state index in [4.69, 9.17) is 9.47 Å². The lowest BCUT2D eigenvalue weighted by Gasteiger charge is -2.20. The second kappa shape index (κ2) is 7.48. The van der Waals surface area contributed by atoms with Gasteiger partial charge in [0.05, 0.1) is 18.8 Å². The summed E-state index contributed by atoms with van der Waals surface area (Å²) in [4.78, 5) is 25.4. The van der Waals surface area contributed by atoms with Crippen LogP contribution in [0.15, 0.2) is 41.2 Å². The van der Waals surface area contributed by atoms with Gasteiger partial charge in [0.2, 0.25) is 5.91 Å². The first-order valence-electron chi connectivity index (χ1n) is 9.36. The lowest BCUT2D eigenvalue weighted by molar-refractivity contribution is -0.140. The predicted molar refractivity (Wildman–Crippen MR) is 107 cm³/mol. The molecule has 3 rings (SSSR count). The first-order valence-corrected chi connectivity index (χ1v) is 9.36. The van der Waals surface area contributed by atoms with Gasteiger partial charge in [-0.1, -0.05) is 51.1 Å². The zero-order chi connectivity index (χ0) is 20.5. The Hall–Kier alpha value is -2.51. The molecule has 1 amide bonds. The van der Waals surface area contributed by atoms with E-state index < -0.39 is 11.2 Å². The van der Waals surface area contributed by atoms with E-state index in [1.807, 2.05) is 44.2 Å². The molecular weight excluding hydrogens is 358 g/mol. The van der Waals surface area contributed by atoms with Crippen LogP contribution in [0.1, 0.15) is 34.6 Å². The molecular formula is C21H27N3O4. The van der Waals surface area contributed by atoms with E-state index >= 15 is 0 Å². The standard InChI is InChI=1S/C21H27N3O4/c1-20(2,3)19(26)22-17-11-16(14-9-7-6-8-10-14)23-24(18(17)25)12-15-13-27-21(4,5)28-15/h6-11,15H,12-13H2,1-5H3,(H,22,26)/t15-/m1/s1. The molecule has 0 unspecified atom stereocenters. The SMILES string of the molecule is CC1(C)OC[C@@H](Cn2nc(-c3ccccc3)cc(NC(=O)C(C)(C)C)c2=O)O1. The number of carbonyl (C=O) groups is 1. The maximum absolute atomic E-state index is 13.0. The molecule has 1 aliphatic rings. The number of amides is 1. The highest BCUT2D eigenvalue weighted by Gasteiger charge is 2.33. The number of hydrogen-bond acceptors (Lipinski definition) is 5. The van der Waals surface area contributed by atoms with Gasteiger partial charge in [-0.2, -0.15) is 5.10 Å². The molecule has 150 valence electrons. The van der Waals surface area contributed by atoms with Gasteiger partial charge in [-0.15, -0.1) is 0 Å². The predicted octanol–water partition coefficient (Wildman–Crippen LogP) is 3.05. The summed E-state index contributed by atoms with van der Waals surface area (Å²) >= 11 is 0. The molecule has 0 spiro atoms. The van der Waals surface area contributed by atoms with Crippen molar-refractivity contribution in [3.8, 4) is 11.3 Å². The Bertz CT molecular complexity index is 913. The van der Waals surface area contributed by atoms with Crippen molar-refractivity contribution in [3.63, 3.8) is 0 Å². The smallest absolute Gasteiger partial charge is 0.290 e. The lowest BCUT2D eigenvalue weighted by atomic mass is 9.95. The Morgan fingerprint density at radius 2 is 1.96 bits per heavy atom. The largest absolute Gasteiger partial charge is 0.348 e. The summed E-state index contributed by atoms with van der Waals surface area (Å²) in [5.41, 5.74) is 0.659. The number of hydrogen-bond donors (Lipinski definition) is 1. The summed E-state index contributed by atoms with van der Waals surface area (Å²) in [7, 11) is 0. The van der Waals surface area contributed by atoms with Gasteiger partial charge in [0.25, 0.3) is 5.56 Å². The molecule has 28 heavy (non-hydrogen) atoms. The number of nitrogens with zero attached hydrogens (tertiary/aromatic N) is 2. The monoisotopic (exact) mass is 385 g/mol. The number of aromatic nitrogens is 2. The molecule has 1 N–H and O–H groups in total. The Kier molecular flexibility index (Phi) is 5.41. The second-order valence-corrected chi connectivity index (χ2v) is 8.45. The van der Waals surface area contributed by atoms with Gasteiger partial charge in [-0.05, 0) is 19.9 Å². The summed E-state index contributed by atoms with van der Waals surface area (Å²) in [5, 5.41) is 7.26.